The third kappa shape index (κ3) is 9.26. The Bertz CT molecular complexity index is 379. The Morgan fingerprint density at radius 2 is 1.38 bits per heavy atom. The van der Waals surface area contributed by atoms with Crippen molar-refractivity contribution in [2.45, 2.75) is 71.1 Å². The molecule has 0 fully saturated rings. The molecule has 0 aliphatic heterocycles. The number of halogens is 2. The number of hydrogen-bond acceptors (Lipinski definition) is 1. The summed E-state index contributed by atoms with van der Waals surface area (Å²) in [6, 6.07) is 5.36. The summed E-state index contributed by atoms with van der Waals surface area (Å²) >= 11 is 11.9. The molecular formula is C18H28Cl2O. The van der Waals surface area contributed by atoms with Gasteiger partial charge in [0.05, 0.1) is 11.6 Å². The molecule has 120 valence electrons. The number of ether oxygens (including phenoxy) is 1. The highest BCUT2D eigenvalue weighted by atomic mass is 35.5. The van der Waals surface area contributed by atoms with Crippen molar-refractivity contribution >= 4 is 23.2 Å². The van der Waals surface area contributed by atoms with Gasteiger partial charge in [-0.25, -0.2) is 0 Å². The van der Waals surface area contributed by atoms with E-state index >= 15 is 0 Å². The summed E-state index contributed by atoms with van der Waals surface area (Å²) in [5.41, 5.74) is 0. The van der Waals surface area contributed by atoms with Crippen LogP contribution in [0.5, 0.6) is 5.75 Å². The lowest BCUT2D eigenvalue weighted by Gasteiger charge is -2.08. The van der Waals surface area contributed by atoms with Crippen LogP contribution in [-0.2, 0) is 0 Å². The van der Waals surface area contributed by atoms with Crippen LogP contribution in [-0.4, -0.2) is 6.61 Å². The monoisotopic (exact) mass is 330 g/mol. The van der Waals surface area contributed by atoms with Crippen LogP contribution in [0.15, 0.2) is 18.2 Å². The fourth-order valence-corrected chi connectivity index (χ4v) is 2.83. The zero-order chi connectivity index (χ0) is 15.3. The van der Waals surface area contributed by atoms with Crippen molar-refractivity contribution in [2.75, 3.05) is 6.61 Å². The average molecular weight is 331 g/mol. The van der Waals surface area contributed by atoms with Crippen LogP contribution in [0.4, 0.5) is 0 Å². The van der Waals surface area contributed by atoms with Gasteiger partial charge in [-0.3, -0.25) is 0 Å². The molecule has 1 aromatic carbocycles. The molecule has 0 radical (unpaired) electrons. The van der Waals surface area contributed by atoms with Gasteiger partial charge in [-0.05, 0) is 24.6 Å². The maximum atomic E-state index is 6.05. The maximum Gasteiger partial charge on any atom is 0.137 e. The Labute approximate surface area is 140 Å². The normalized spacial score (nSPS) is 10.8. The van der Waals surface area contributed by atoms with E-state index in [0.29, 0.717) is 10.0 Å². The molecule has 0 unspecified atom stereocenters. The molecule has 0 aliphatic rings. The third-order valence-corrected chi connectivity index (χ3v) is 4.18. The highest BCUT2D eigenvalue weighted by Crippen LogP contribution is 2.27. The van der Waals surface area contributed by atoms with Gasteiger partial charge in [0, 0.05) is 5.02 Å². The van der Waals surface area contributed by atoms with Crippen molar-refractivity contribution in [1.29, 1.82) is 0 Å². The van der Waals surface area contributed by atoms with Crippen molar-refractivity contribution in [3.05, 3.63) is 28.2 Å². The van der Waals surface area contributed by atoms with Crippen molar-refractivity contribution in [2.24, 2.45) is 0 Å². The Morgan fingerprint density at radius 1 is 0.810 bits per heavy atom. The van der Waals surface area contributed by atoms with E-state index in [1.54, 1.807) is 12.1 Å². The predicted molar refractivity (Wildman–Crippen MR) is 93.8 cm³/mol. The van der Waals surface area contributed by atoms with Gasteiger partial charge in [0.25, 0.3) is 0 Å². The second kappa shape index (κ2) is 12.2. The van der Waals surface area contributed by atoms with Crippen molar-refractivity contribution in [3.8, 4) is 5.75 Å². The average Bonchev–Trinajstić information content (AvgIpc) is 2.46. The third-order valence-electron chi connectivity index (χ3n) is 3.65. The molecule has 0 N–H and O–H groups in total. The number of unbranched alkanes of at least 4 members (excludes halogenated alkanes) is 9. The molecule has 1 nitrogen and oxygen atoms in total. The van der Waals surface area contributed by atoms with Crippen molar-refractivity contribution in [1.82, 2.24) is 0 Å². The molecular weight excluding hydrogens is 303 g/mol. The van der Waals surface area contributed by atoms with E-state index in [-0.39, 0.29) is 0 Å². The minimum Gasteiger partial charge on any atom is -0.492 e. The van der Waals surface area contributed by atoms with E-state index in [9.17, 15) is 0 Å². The summed E-state index contributed by atoms with van der Waals surface area (Å²) in [4.78, 5) is 0. The topological polar surface area (TPSA) is 9.23 Å². The molecule has 3 heteroatoms. The number of rotatable bonds is 12. The summed E-state index contributed by atoms with van der Waals surface area (Å²) in [6.07, 6.45) is 13.3. The Balaban J connectivity index is 1.93. The lowest BCUT2D eigenvalue weighted by molar-refractivity contribution is 0.304. The van der Waals surface area contributed by atoms with Gasteiger partial charge in [0.2, 0.25) is 0 Å². The van der Waals surface area contributed by atoms with Crippen LogP contribution in [0.2, 0.25) is 10.0 Å². The second-order valence-electron chi connectivity index (χ2n) is 5.61. The highest BCUT2D eigenvalue weighted by molar-refractivity contribution is 6.35. The van der Waals surface area contributed by atoms with Gasteiger partial charge in [0.15, 0.2) is 0 Å². The number of benzene rings is 1. The largest absolute Gasteiger partial charge is 0.492 e. The first kappa shape index (κ1) is 18.6. The van der Waals surface area contributed by atoms with Gasteiger partial charge in [-0.15, -0.1) is 0 Å². The standard InChI is InChI=1S/C18H28Cl2O/c1-2-3-4-5-6-7-8-9-10-11-14-21-18-13-12-16(19)15-17(18)20/h12-13,15H,2-11,14H2,1H3. The second-order valence-corrected chi connectivity index (χ2v) is 6.45. The Kier molecular flexibility index (Phi) is 10.8. The molecule has 0 spiro atoms. The Hall–Kier alpha value is -0.400. The first-order valence-electron chi connectivity index (χ1n) is 8.32. The fraction of sp³-hybridized carbons (Fsp3) is 0.667. The van der Waals surface area contributed by atoms with Gasteiger partial charge >= 0.3 is 0 Å². The van der Waals surface area contributed by atoms with Gasteiger partial charge in [-0.2, -0.15) is 0 Å². The van der Waals surface area contributed by atoms with Gasteiger partial charge < -0.3 is 4.74 Å². The first-order chi connectivity index (χ1) is 10.2. The zero-order valence-corrected chi connectivity index (χ0v) is 14.7. The minimum absolute atomic E-state index is 0.592. The highest BCUT2D eigenvalue weighted by Gasteiger charge is 2.01. The molecule has 0 atom stereocenters. The minimum atomic E-state index is 0.592. The van der Waals surface area contributed by atoms with Crippen LogP contribution in [0, 0.1) is 0 Å². The molecule has 1 aromatic rings. The summed E-state index contributed by atoms with van der Waals surface area (Å²) in [5.74, 6) is 0.733. The Morgan fingerprint density at radius 3 is 1.95 bits per heavy atom. The molecule has 0 amide bonds. The van der Waals surface area contributed by atoms with E-state index in [2.05, 4.69) is 6.92 Å². The smallest absolute Gasteiger partial charge is 0.137 e. The van der Waals surface area contributed by atoms with Crippen LogP contribution in [0.1, 0.15) is 71.1 Å². The van der Waals surface area contributed by atoms with E-state index in [1.807, 2.05) is 6.07 Å². The summed E-state index contributed by atoms with van der Waals surface area (Å²) in [6.45, 7) is 3.00. The van der Waals surface area contributed by atoms with Crippen LogP contribution in [0.3, 0.4) is 0 Å². The summed E-state index contributed by atoms with van der Waals surface area (Å²) in [5, 5.41) is 1.24. The first-order valence-corrected chi connectivity index (χ1v) is 9.07. The van der Waals surface area contributed by atoms with Crippen molar-refractivity contribution < 1.29 is 4.74 Å². The molecule has 0 aliphatic carbocycles. The molecule has 1 rings (SSSR count). The zero-order valence-electron chi connectivity index (χ0n) is 13.2. The molecule has 0 heterocycles. The maximum absolute atomic E-state index is 6.05. The lowest BCUT2D eigenvalue weighted by atomic mass is 10.1. The van der Waals surface area contributed by atoms with E-state index in [1.165, 1.54) is 57.8 Å². The summed E-state index contributed by atoms with van der Waals surface area (Å²) < 4.78 is 5.67. The fourth-order valence-electron chi connectivity index (χ4n) is 2.36. The molecule has 21 heavy (non-hydrogen) atoms. The lowest BCUT2D eigenvalue weighted by Crippen LogP contribution is -1.97. The SMILES string of the molecule is CCCCCCCCCCCCOc1ccc(Cl)cc1Cl. The molecule has 0 saturated carbocycles. The van der Waals surface area contributed by atoms with E-state index in [0.717, 1.165) is 18.8 Å². The van der Waals surface area contributed by atoms with Crippen LogP contribution < -0.4 is 4.74 Å². The summed E-state index contributed by atoms with van der Waals surface area (Å²) in [7, 11) is 0. The predicted octanol–water partition coefficient (Wildman–Crippen LogP) is 7.29. The van der Waals surface area contributed by atoms with E-state index in [4.69, 9.17) is 27.9 Å². The molecule has 0 aromatic heterocycles. The van der Waals surface area contributed by atoms with Gasteiger partial charge in [0.1, 0.15) is 5.75 Å². The van der Waals surface area contributed by atoms with E-state index < -0.39 is 0 Å². The number of hydrogen-bond donors (Lipinski definition) is 0. The molecule has 0 saturated heterocycles. The van der Waals surface area contributed by atoms with Gasteiger partial charge in [-0.1, -0.05) is 87.9 Å². The van der Waals surface area contributed by atoms with Crippen LogP contribution >= 0.6 is 23.2 Å². The van der Waals surface area contributed by atoms with Crippen molar-refractivity contribution in [3.63, 3.8) is 0 Å². The van der Waals surface area contributed by atoms with Crippen LogP contribution in [0.25, 0.3) is 0 Å². The quantitative estimate of drug-likeness (QED) is 0.365. The molecule has 0 bridgehead atoms.